The van der Waals surface area contributed by atoms with Crippen molar-refractivity contribution in [2.45, 2.75) is 32.1 Å². The summed E-state index contributed by atoms with van der Waals surface area (Å²) < 4.78 is 19.0. The molecule has 0 aliphatic heterocycles. The molecule has 0 N–H and O–H groups in total. The minimum Gasteiger partial charge on any atom is -0.496 e. The Balaban J connectivity index is 1.77. The number of ketones is 1. The SMILES string of the molecule is COc1cccc(F)c1C(=O)CC1CC2CCC1C2. The fourth-order valence-electron chi connectivity index (χ4n) is 3.91. The molecular formula is C16H19FO2. The highest BCUT2D eigenvalue weighted by Gasteiger charge is 2.40. The number of halogens is 1. The minimum atomic E-state index is -0.465. The summed E-state index contributed by atoms with van der Waals surface area (Å²) in [5.74, 6) is 1.74. The van der Waals surface area contributed by atoms with Crippen molar-refractivity contribution in [2.75, 3.05) is 7.11 Å². The van der Waals surface area contributed by atoms with E-state index in [1.54, 1.807) is 12.1 Å². The quantitative estimate of drug-likeness (QED) is 0.770. The number of carbonyl (C=O) groups excluding carboxylic acids is 1. The molecule has 3 atom stereocenters. The van der Waals surface area contributed by atoms with Gasteiger partial charge in [-0.3, -0.25) is 4.79 Å². The second kappa shape index (κ2) is 4.95. The van der Waals surface area contributed by atoms with Gasteiger partial charge in [0.05, 0.1) is 12.7 Å². The molecular weight excluding hydrogens is 243 g/mol. The summed E-state index contributed by atoms with van der Waals surface area (Å²) in [6.45, 7) is 0. The molecule has 2 aliphatic rings. The number of Topliss-reactive ketones (excluding diaryl/α,β-unsaturated/α-hetero) is 1. The minimum absolute atomic E-state index is 0.104. The number of fused-ring (bicyclic) bond motifs is 2. The van der Waals surface area contributed by atoms with E-state index in [1.165, 1.54) is 32.4 Å². The number of benzene rings is 1. The monoisotopic (exact) mass is 262 g/mol. The first kappa shape index (κ1) is 12.6. The summed E-state index contributed by atoms with van der Waals surface area (Å²) >= 11 is 0. The maximum atomic E-state index is 13.8. The second-order valence-electron chi connectivity index (χ2n) is 5.88. The summed E-state index contributed by atoms with van der Waals surface area (Å²) in [6, 6.07) is 4.55. The van der Waals surface area contributed by atoms with Gasteiger partial charge in [-0.2, -0.15) is 0 Å². The lowest BCUT2D eigenvalue weighted by atomic mass is 9.84. The Hall–Kier alpha value is -1.38. The molecule has 0 heterocycles. The van der Waals surface area contributed by atoms with Gasteiger partial charge in [-0.05, 0) is 49.1 Å². The highest BCUT2D eigenvalue weighted by Crippen LogP contribution is 2.50. The van der Waals surface area contributed by atoms with Gasteiger partial charge in [0.25, 0.3) is 0 Å². The van der Waals surface area contributed by atoms with Crippen LogP contribution in [0.3, 0.4) is 0 Å². The van der Waals surface area contributed by atoms with Crippen molar-refractivity contribution in [1.82, 2.24) is 0 Å². The zero-order valence-corrected chi connectivity index (χ0v) is 11.2. The first-order valence-electron chi connectivity index (χ1n) is 7.04. The standard InChI is InChI=1S/C16H19FO2/c1-19-15-4-2-3-13(17)16(15)14(18)9-12-8-10-5-6-11(12)7-10/h2-4,10-12H,5-9H2,1H3. The van der Waals surface area contributed by atoms with E-state index in [2.05, 4.69) is 0 Å². The number of rotatable bonds is 4. The number of carbonyl (C=O) groups is 1. The number of hydrogen-bond acceptors (Lipinski definition) is 2. The van der Waals surface area contributed by atoms with Crippen molar-refractivity contribution < 1.29 is 13.9 Å². The molecule has 2 bridgehead atoms. The van der Waals surface area contributed by atoms with Crippen LogP contribution in [0.15, 0.2) is 18.2 Å². The van der Waals surface area contributed by atoms with E-state index in [-0.39, 0.29) is 11.3 Å². The Kier molecular flexibility index (Phi) is 3.29. The predicted octanol–water partition coefficient (Wildman–Crippen LogP) is 3.84. The van der Waals surface area contributed by atoms with Gasteiger partial charge in [0.15, 0.2) is 5.78 Å². The molecule has 0 aromatic heterocycles. The lowest BCUT2D eigenvalue weighted by molar-refractivity contribution is 0.0937. The van der Waals surface area contributed by atoms with Crippen molar-refractivity contribution in [3.05, 3.63) is 29.6 Å². The molecule has 0 amide bonds. The molecule has 3 rings (SSSR count). The topological polar surface area (TPSA) is 26.3 Å². The van der Waals surface area contributed by atoms with E-state index in [1.807, 2.05) is 0 Å². The molecule has 2 aliphatic carbocycles. The number of methoxy groups -OCH3 is 1. The van der Waals surface area contributed by atoms with Crippen LogP contribution >= 0.6 is 0 Å². The summed E-state index contributed by atoms with van der Waals surface area (Å²) in [5, 5.41) is 0. The summed E-state index contributed by atoms with van der Waals surface area (Å²) in [6.07, 6.45) is 5.45. The molecule has 0 spiro atoms. The molecule has 0 saturated heterocycles. The summed E-state index contributed by atoms with van der Waals surface area (Å²) in [5.41, 5.74) is 0.132. The largest absolute Gasteiger partial charge is 0.496 e. The van der Waals surface area contributed by atoms with E-state index < -0.39 is 5.82 Å². The molecule has 3 unspecified atom stereocenters. The van der Waals surface area contributed by atoms with Crippen molar-refractivity contribution in [1.29, 1.82) is 0 Å². The van der Waals surface area contributed by atoms with Crippen LogP contribution in [-0.4, -0.2) is 12.9 Å². The highest BCUT2D eigenvalue weighted by atomic mass is 19.1. The average Bonchev–Trinajstić information content (AvgIpc) is 3.00. The predicted molar refractivity (Wildman–Crippen MR) is 70.8 cm³/mol. The van der Waals surface area contributed by atoms with E-state index in [4.69, 9.17) is 4.74 Å². The van der Waals surface area contributed by atoms with Gasteiger partial charge in [-0.1, -0.05) is 12.5 Å². The molecule has 1 aromatic rings. The van der Waals surface area contributed by atoms with Crippen molar-refractivity contribution >= 4 is 5.78 Å². The Bertz CT molecular complexity index is 498. The van der Waals surface area contributed by atoms with Gasteiger partial charge in [0.2, 0.25) is 0 Å². The lowest BCUT2D eigenvalue weighted by Gasteiger charge is -2.21. The zero-order chi connectivity index (χ0) is 13.4. The van der Waals surface area contributed by atoms with Crippen molar-refractivity contribution in [3.63, 3.8) is 0 Å². The third kappa shape index (κ3) is 2.26. The normalized spacial score (nSPS) is 28.6. The Labute approximate surface area is 113 Å². The fraction of sp³-hybridized carbons (Fsp3) is 0.562. The van der Waals surface area contributed by atoms with E-state index in [0.717, 1.165) is 12.3 Å². The summed E-state index contributed by atoms with van der Waals surface area (Å²) in [4.78, 5) is 12.4. The molecule has 2 nitrogen and oxygen atoms in total. The van der Waals surface area contributed by atoms with Gasteiger partial charge >= 0.3 is 0 Å². The molecule has 1 aromatic carbocycles. The van der Waals surface area contributed by atoms with Crippen molar-refractivity contribution in [3.8, 4) is 5.75 Å². The molecule has 19 heavy (non-hydrogen) atoms. The first-order chi connectivity index (χ1) is 9.19. The molecule has 102 valence electrons. The van der Waals surface area contributed by atoms with Crippen LogP contribution < -0.4 is 4.74 Å². The highest BCUT2D eigenvalue weighted by molar-refractivity contribution is 5.99. The van der Waals surface area contributed by atoms with E-state index in [0.29, 0.717) is 24.0 Å². The van der Waals surface area contributed by atoms with Crippen LogP contribution in [-0.2, 0) is 0 Å². The van der Waals surface area contributed by atoms with Crippen LogP contribution in [0.2, 0.25) is 0 Å². The van der Waals surface area contributed by atoms with Crippen LogP contribution in [0.25, 0.3) is 0 Å². The van der Waals surface area contributed by atoms with Gasteiger partial charge in [-0.15, -0.1) is 0 Å². The lowest BCUT2D eigenvalue weighted by Crippen LogP contribution is -2.16. The second-order valence-corrected chi connectivity index (χ2v) is 5.88. The van der Waals surface area contributed by atoms with Crippen LogP contribution in [0.1, 0.15) is 42.5 Å². The number of ether oxygens (including phenoxy) is 1. The maximum Gasteiger partial charge on any atom is 0.169 e. The van der Waals surface area contributed by atoms with Crippen LogP contribution in [0, 0.1) is 23.6 Å². The van der Waals surface area contributed by atoms with E-state index in [9.17, 15) is 9.18 Å². The molecule has 2 saturated carbocycles. The summed E-state index contributed by atoms with van der Waals surface area (Å²) in [7, 11) is 1.48. The molecule has 2 fully saturated rings. The Morgan fingerprint density at radius 1 is 1.37 bits per heavy atom. The van der Waals surface area contributed by atoms with Gasteiger partial charge in [0, 0.05) is 6.42 Å². The maximum absolute atomic E-state index is 13.8. The van der Waals surface area contributed by atoms with E-state index >= 15 is 0 Å². The fourth-order valence-corrected chi connectivity index (χ4v) is 3.91. The average molecular weight is 262 g/mol. The van der Waals surface area contributed by atoms with Gasteiger partial charge in [0.1, 0.15) is 11.6 Å². The van der Waals surface area contributed by atoms with Gasteiger partial charge < -0.3 is 4.74 Å². The van der Waals surface area contributed by atoms with Crippen molar-refractivity contribution in [2.24, 2.45) is 17.8 Å². The third-order valence-electron chi connectivity index (χ3n) is 4.81. The molecule has 0 radical (unpaired) electrons. The molecule has 3 heteroatoms. The van der Waals surface area contributed by atoms with Crippen LogP contribution in [0.5, 0.6) is 5.75 Å². The first-order valence-corrected chi connectivity index (χ1v) is 7.04. The Morgan fingerprint density at radius 3 is 2.84 bits per heavy atom. The third-order valence-corrected chi connectivity index (χ3v) is 4.81. The van der Waals surface area contributed by atoms with Gasteiger partial charge in [-0.25, -0.2) is 4.39 Å². The zero-order valence-electron chi connectivity index (χ0n) is 11.2. The van der Waals surface area contributed by atoms with Crippen LogP contribution in [0.4, 0.5) is 4.39 Å². The smallest absolute Gasteiger partial charge is 0.169 e. The Morgan fingerprint density at radius 2 is 2.21 bits per heavy atom. The number of hydrogen-bond donors (Lipinski definition) is 0.